The van der Waals surface area contributed by atoms with Crippen molar-refractivity contribution in [3.63, 3.8) is 0 Å². The van der Waals surface area contributed by atoms with Crippen LogP contribution in [0, 0.1) is 6.92 Å². The number of hydrogen-bond acceptors (Lipinski definition) is 8. The van der Waals surface area contributed by atoms with Crippen LogP contribution in [-0.4, -0.2) is 32.7 Å². The van der Waals surface area contributed by atoms with Crippen LogP contribution in [-0.2, 0) is 6.42 Å². The van der Waals surface area contributed by atoms with Gasteiger partial charge in [0, 0.05) is 17.0 Å². The topological polar surface area (TPSA) is 76.7 Å². The summed E-state index contributed by atoms with van der Waals surface area (Å²) >= 11 is 3.28. The van der Waals surface area contributed by atoms with Gasteiger partial charge in [-0.25, -0.2) is 15.0 Å². The molecule has 6 nitrogen and oxygen atoms in total. The van der Waals surface area contributed by atoms with Crippen LogP contribution in [0.1, 0.15) is 16.9 Å². The molecule has 8 heteroatoms. The van der Waals surface area contributed by atoms with Gasteiger partial charge >= 0.3 is 0 Å². The second kappa shape index (κ2) is 9.72. The normalized spacial score (nSPS) is 11.2. The van der Waals surface area contributed by atoms with Gasteiger partial charge in [0.15, 0.2) is 5.82 Å². The van der Waals surface area contributed by atoms with E-state index < -0.39 is 0 Å². The van der Waals surface area contributed by atoms with E-state index in [2.05, 4.69) is 52.5 Å². The van der Waals surface area contributed by atoms with Gasteiger partial charge in [-0.05, 0) is 43.7 Å². The van der Waals surface area contributed by atoms with Gasteiger partial charge in [-0.2, -0.15) is 0 Å². The van der Waals surface area contributed by atoms with E-state index in [1.54, 1.807) is 35.6 Å². The molecular formula is C25H23N5OS2. The number of aryl methyl sites for hydroxylation is 2. The zero-order valence-electron chi connectivity index (χ0n) is 18.4. The number of benzene rings is 1. The number of thioether (sulfide) groups is 1. The Morgan fingerprint density at radius 2 is 1.91 bits per heavy atom. The van der Waals surface area contributed by atoms with Crippen molar-refractivity contribution < 1.29 is 4.42 Å². The molecule has 166 valence electrons. The van der Waals surface area contributed by atoms with E-state index in [9.17, 15) is 0 Å². The van der Waals surface area contributed by atoms with Crippen LogP contribution in [0.25, 0.3) is 32.9 Å². The highest BCUT2D eigenvalue weighted by Crippen LogP contribution is 2.31. The van der Waals surface area contributed by atoms with Gasteiger partial charge in [0.1, 0.15) is 21.9 Å². The summed E-state index contributed by atoms with van der Waals surface area (Å²) in [5.41, 5.74) is 4.17. The Morgan fingerprint density at radius 1 is 1.03 bits per heavy atom. The van der Waals surface area contributed by atoms with Crippen molar-refractivity contribution in [1.29, 1.82) is 0 Å². The number of nitrogens with one attached hydrogen (secondary N) is 1. The van der Waals surface area contributed by atoms with Gasteiger partial charge in [-0.1, -0.05) is 24.3 Å². The Morgan fingerprint density at radius 3 is 2.64 bits per heavy atom. The molecule has 0 aliphatic rings. The number of aromatic nitrogens is 4. The molecule has 4 heterocycles. The summed E-state index contributed by atoms with van der Waals surface area (Å²) in [6.07, 6.45) is 11.0. The quantitative estimate of drug-likeness (QED) is 0.204. The van der Waals surface area contributed by atoms with Crippen LogP contribution < -0.4 is 5.32 Å². The molecule has 4 aromatic heterocycles. The predicted molar refractivity (Wildman–Crippen MR) is 136 cm³/mol. The van der Waals surface area contributed by atoms with Crippen molar-refractivity contribution in [3.8, 4) is 22.6 Å². The van der Waals surface area contributed by atoms with Crippen molar-refractivity contribution in [2.45, 2.75) is 24.8 Å². The number of fused-ring (bicyclic) bond motifs is 1. The molecule has 0 fully saturated rings. The molecule has 1 aromatic carbocycles. The first kappa shape index (κ1) is 21.6. The lowest BCUT2D eigenvalue weighted by atomic mass is 10.1. The largest absolute Gasteiger partial charge is 0.472 e. The molecule has 5 aromatic rings. The summed E-state index contributed by atoms with van der Waals surface area (Å²) in [6, 6.07) is 12.6. The highest BCUT2D eigenvalue weighted by atomic mass is 32.2. The number of furan rings is 1. The Kier molecular flexibility index (Phi) is 6.37. The SMILES string of the molecule is CSc1cnc(-c2ccc(CCCNc3nc(-c4ccoc4)nc4sc(C)cc34)cc2)cn1. The van der Waals surface area contributed by atoms with E-state index >= 15 is 0 Å². The number of rotatable bonds is 8. The molecule has 0 unspecified atom stereocenters. The lowest BCUT2D eigenvalue weighted by Crippen LogP contribution is -2.06. The van der Waals surface area contributed by atoms with Gasteiger partial charge in [0.05, 0.1) is 35.3 Å². The summed E-state index contributed by atoms with van der Waals surface area (Å²) in [6.45, 7) is 2.93. The molecule has 1 N–H and O–H groups in total. The fourth-order valence-electron chi connectivity index (χ4n) is 3.61. The van der Waals surface area contributed by atoms with Crippen molar-refractivity contribution >= 4 is 39.1 Å². The fraction of sp³-hybridized carbons (Fsp3) is 0.200. The summed E-state index contributed by atoms with van der Waals surface area (Å²) in [7, 11) is 0. The van der Waals surface area contributed by atoms with Crippen LogP contribution in [0.15, 0.2) is 70.8 Å². The molecule has 0 aliphatic carbocycles. The Hall–Kier alpha value is -3.23. The molecule has 33 heavy (non-hydrogen) atoms. The van der Waals surface area contributed by atoms with E-state index in [-0.39, 0.29) is 0 Å². The number of nitrogens with zero attached hydrogens (tertiary/aromatic N) is 4. The third kappa shape index (κ3) is 4.91. The van der Waals surface area contributed by atoms with E-state index in [0.29, 0.717) is 5.82 Å². The minimum atomic E-state index is 0.685. The highest BCUT2D eigenvalue weighted by molar-refractivity contribution is 7.98. The van der Waals surface area contributed by atoms with E-state index in [1.165, 1.54) is 10.4 Å². The summed E-state index contributed by atoms with van der Waals surface area (Å²) < 4.78 is 5.22. The highest BCUT2D eigenvalue weighted by Gasteiger charge is 2.12. The maximum Gasteiger partial charge on any atom is 0.166 e. The fourth-order valence-corrected chi connectivity index (χ4v) is 4.81. The smallest absolute Gasteiger partial charge is 0.166 e. The van der Waals surface area contributed by atoms with Crippen molar-refractivity contribution in [1.82, 2.24) is 19.9 Å². The molecule has 5 rings (SSSR count). The van der Waals surface area contributed by atoms with Gasteiger partial charge in [-0.3, -0.25) is 4.98 Å². The van der Waals surface area contributed by atoms with Crippen molar-refractivity contribution in [2.75, 3.05) is 18.1 Å². The van der Waals surface area contributed by atoms with Crippen LogP contribution >= 0.6 is 23.1 Å². The third-order valence-electron chi connectivity index (χ3n) is 5.32. The lowest BCUT2D eigenvalue weighted by molar-refractivity contribution is 0.568. The number of anilines is 1. The molecule has 0 bridgehead atoms. The first-order chi connectivity index (χ1) is 16.2. The third-order valence-corrected chi connectivity index (χ3v) is 6.89. The molecule has 0 amide bonds. The number of thiophene rings is 1. The van der Waals surface area contributed by atoms with Crippen LogP contribution in [0.5, 0.6) is 0 Å². The lowest BCUT2D eigenvalue weighted by Gasteiger charge is -2.09. The van der Waals surface area contributed by atoms with Crippen molar-refractivity contribution in [3.05, 3.63) is 71.8 Å². The zero-order chi connectivity index (χ0) is 22.6. The monoisotopic (exact) mass is 473 g/mol. The molecule has 0 saturated heterocycles. The van der Waals surface area contributed by atoms with Crippen LogP contribution in [0.3, 0.4) is 0 Å². The minimum absolute atomic E-state index is 0.685. The molecule has 0 atom stereocenters. The van der Waals surface area contributed by atoms with Crippen molar-refractivity contribution in [2.24, 2.45) is 0 Å². The maximum absolute atomic E-state index is 5.22. The van der Waals surface area contributed by atoms with E-state index in [0.717, 1.165) is 57.3 Å². The van der Waals surface area contributed by atoms with E-state index in [1.807, 2.05) is 24.7 Å². The predicted octanol–water partition coefficient (Wildman–Crippen LogP) is 6.48. The summed E-state index contributed by atoms with van der Waals surface area (Å²) in [4.78, 5) is 20.6. The van der Waals surface area contributed by atoms with Gasteiger partial charge in [0.2, 0.25) is 0 Å². The average Bonchev–Trinajstić information content (AvgIpc) is 3.51. The minimum Gasteiger partial charge on any atom is -0.472 e. The van der Waals surface area contributed by atoms with E-state index in [4.69, 9.17) is 14.4 Å². The summed E-state index contributed by atoms with van der Waals surface area (Å²) in [5.74, 6) is 1.56. The standard InChI is InChI=1S/C25H23N5OS2/c1-16-12-20-24(29-23(30-25(20)33-16)19-9-11-31-15-19)26-10-3-4-17-5-7-18(8-6-17)21-13-28-22(32-2)14-27-21/h5-9,11-15H,3-4,10H2,1-2H3,(H,26,29,30). The summed E-state index contributed by atoms with van der Waals surface area (Å²) in [5, 5.41) is 5.53. The maximum atomic E-state index is 5.22. The Labute approximate surface area is 200 Å². The molecular weight excluding hydrogens is 450 g/mol. The first-order valence-electron chi connectivity index (χ1n) is 10.7. The van der Waals surface area contributed by atoms with Crippen LogP contribution in [0.2, 0.25) is 0 Å². The molecule has 0 radical (unpaired) electrons. The molecule has 0 aliphatic heterocycles. The van der Waals surface area contributed by atoms with Gasteiger partial charge in [0.25, 0.3) is 0 Å². The Bertz CT molecular complexity index is 1350. The second-order valence-corrected chi connectivity index (χ2v) is 9.72. The number of hydrogen-bond donors (Lipinski definition) is 1. The second-order valence-electron chi connectivity index (χ2n) is 7.65. The molecule has 0 spiro atoms. The average molecular weight is 474 g/mol. The molecule has 0 saturated carbocycles. The van der Waals surface area contributed by atoms with Gasteiger partial charge in [-0.15, -0.1) is 23.1 Å². The first-order valence-corrected chi connectivity index (χ1v) is 12.7. The van der Waals surface area contributed by atoms with Crippen LogP contribution in [0.4, 0.5) is 5.82 Å². The Balaban J connectivity index is 1.23. The zero-order valence-corrected chi connectivity index (χ0v) is 20.0. The van der Waals surface area contributed by atoms with Gasteiger partial charge < -0.3 is 9.73 Å².